The fraction of sp³-hybridized carbons (Fsp3) is 0.222. The number of hydrogen-bond acceptors (Lipinski definition) is 2. The first kappa shape index (κ1) is 17.5. The van der Waals surface area contributed by atoms with E-state index in [9.17, 15) is 9.36 Å². The van der Waals surface area contributed by atoms with Crippen LogP contribution in [0.25, 0.3) is 0 Å². The highest BCUT2D eigenvalue weighted by Gasteiger charge is 2.46. The Bertz CT molecular complexity index is 530. The molecule has 0 heterocycles. The van der Waals surface area contributed by atoms with Crippen molar-refractivity contribution in [2.75, 3.05) is 0 Å². The lowest BCUT2D eigenvalue weighted by Gasteiger charge is -2.26. The predicted octanol–water partition coefficient (Wildman–Crippen LogP) is 2.90. The SMILES string of the molecule is O=C(NC(C(Cl)(Cl)Cl)P(=O)(O)O)c1ccccc1I. The molecule has 1 aromatic carbocycles. The van der Waals surface area contributed by atoms with Crippen LogP contribution in [0.2, 0.25) is 0 Å². The number of rotatable bonds is 3. The number of alkyl halides is 3. The third kappa shape index (κ3) is 5.04. The molecule has 0 aliphatic heterocycles. The highest BCUT2D eigenvalue weighted by atomic mass is 127. The van der Waals surface area contributed by atoms with E-state index >= 15 is 0 Å². The minimum absolute atomic E-state index is 0.232. The molecular formula is C9H8Cl3INO4P. The van der Waals surface area contributed by atoms with E-state index in [1.807, 2.05) is 22.6 Å². The number of carbonyl (C=O) groups is 1. The molecule has 0 bridgehead atoms. The summed E-state index contributed by atoms with van der Waals surface area (Å²) in [5, 5.41) is 2.05. The van der Waals surface area contributed by atoms with Gasteiger partial charge in [0.15, 0.2) is 5.78 Å². The van der Waals surface area contributed by atoms with Crippen molar-refractivity contribution in [3.05, 3.63) is 33.4 Å². The van der Waals surface area contributed by atoms with Crippen LogP contribution in [0.3, 0.4) is 0 Å². The summed E-state index contributed by atoms with van der Waals surface area (Å²) >= 11 is 18.3. The van der Waals surface area contributed by atoms with Gasteiger partial charge in [0.05, 0.1) is 5.56 Å². The third-order valence-electron chi connectivity index (χ3n) is 2.03. The van der Waals surface area contributed by atoms with Gasteiger partial charge >= 0.3 is 7.60 Å². The minimum Gasteiger partial charge on any atom is -0.334 e. The second-order valence-electron chi connectivity index (χ2n) is 3.49. The quantitative estimate of drug-likeness (QED) is 0.370. The third-order valence-corrected chi connectivity index (χ3v) is 5.27. The zero-order valence-corrected chi connectivity index (χ0v) is 14.4. The number of halogens is 4. The first-order chi connectivity index (χ1) is 8.53. The Hall–Kier alpha value is 0.440. The van der Waals surface area contributed by atoms with E-state index in [-0.39, 0.29) is 5.56 Å². The van der Waals surface area contributed by atoms with Crippen molar-refractivity contribution in [1.29, 1.82) is 0 Å². The molecule has 1 amide bonds. The molecule has 0 saturated carbocycles. The summed E-state index contributed by atoms with van der Waals surface area (Å²) in [6.45, 7) is 0. The van der Waals surface area contributed by atoms with Gasteiger partial charge in [0, 0.05) is 3.57 Å². The van der Waals surface area contributed by atoms with E-state index in [1.54, 1.807) is 18.2 Å². The maximum absolute atomic E-state index is 11.9. The molecule has 0 saturated heterocycles. The van der Waals surface area contributed by atoms with Crippen LogP contribution >= 0.6 is 65.0 Å². The van der Waals surface area contributed by atoms with Crippen LogP contribution in [0.5, 0.6) is 0 Å². The molecule has 1 unspecified atom stereocenters. The summed E-state index contributed by atoms with van der Waals surface area (Å²) in [6.07, 6.45) is 0. The van der Waals surface area contributed by atoms with Crippen LogP contribution < -0.4 is 5.32 Å². The largest absolute Gasteiger partial charge is 0.352 e. The van der Waals surface area contributed by atoms with E-state index in [0.29, 0.717) is 3.57 Å². The first-order valence-corrected chi connectivity index (χ1v) is 8.60. The van der Waals surface area contributed by atoms with Crippen molar-refractivity contribution >= 4 is 70.9 Å². The van der Waals surface area contributed by atoms with Gasteiger partial charge in [-0.05, 0) is 34.7 Å². The molecule has 5 nitrogen and oxygen atoms in total. The molecule has 1 aromatic rings. The molecule has 3 N–H and O–H groups in total. The van der Waals surface area contributed by atoms with Gasteiger partial charge in [-0.3, -0.25) is 9.36 Å². The lowest BCUT2D eigenvalue weighted by Crippen LogP contribution is -2.43. The zero-order chi connectivity index (χ0) is 14.8. The fourth-order valence-corrected chi connectivity index (χ4v) is 3.81. The molecule has 0 aliphatic rings. The molecule has 0 aliphatic carbocycles. The second-order valence-corrected chi connectivity index (χ2v) is 8.71. The lowest BCUT2D eigenvalue weighted by atomic mass is 10.2. The fourth-order valence-electron chi connectivity index (χ4n) is 1.20. The van der Waals surface area contributed by atoms with Gasteiger partial charge in [-0.25, -0.2) is 0 Å². The molecule has 0 spiro atoms. The first-order valence-electron chi connectivity index (χ1n) is 4.71. The summed E-state index contributed by atoms with van der Waals surface area (Å²) in [4.78, 5) is 30.2. The monoisotopic (exact) mass is 457 g/mol. The maximum atomic E-state index is 11.9. The van der Waals surface area contributed by atoms with E-state index in [4.69, 9.17) is 44.6 Å². The molecule has 0 aromatic heterocycles. The topological polar surface area (TPSA) is 86.6 Å². The minimum atomic E-state index is -4.82. The Labute approximate surface area is 137 Å². The van der Waals surface area contributed by atoms with Crippen molar-refractivity contribution in [1.82, 2.24) is 5.32 Å². The van der Waals surface area contributed by atoms with Gasteiger partial charge < -0.3 is 15.1 Å². The van der Waals surface area contributed by atoms with Gasteiger partial charge in [-0.15, -0.1) is 0 Å². The Morgan fingerprint density at radius 2 is 1.84 bits per heavy atom. The summed E-state index contributed by atoms with van der Waals surface area (Å²) < 4.78 is 9.53. The summed E-state index contributed by atoms with van der Waals surface area (Å²) in [6, 6.07) is 6.48. The van der Waals surface area contributed by atoms with Crippen LogP contribution in [0, 0.1) is 3.57 Å². The van der Waals surface area contributed by atoms with E-state index in [0.717, 1.165) is 0 Å². The van der Waals surface area contributed by atoms with E-state index in [2.05, 4.69) is 5.32 Å². The van der Waals surface area contributed by atoms with Crippen LogP contribution in [0.4, 0.5) is 0 Å². The molecule has 106 valence electrons. The Morgan fingerprint density at radius 3 is 2.26 bits per heavy atom. The standard InChI is InChI=1S/C9H8Cl3INO4P/c10-9(11,12)8(19(16,17)18)14-7(15)5-3-1-2-4-6(5)13/h1-4,8H,(H,14,15)(H2,16,17,18). The molecule has 19 heavy (non-hydrogen) atoms. The summed E-state index contributed by atoms with van der Waals surface area (Å²) in [7, 11) is -4.82. The Kier molecular flexibility index (Phi) is 5.96. The molecule has 0 radical (unpaired) electrons. The number of carbonyl (C=O) groups excluding carboxylic acids is 1. The van der Waals surface area contributed by atoms with Gasteiger partial charge in [-0.1, -0.05) is 46.9 Å². The predicted molar refractivity (Wildman–Crippen MR) is 82.7 cm³/mol. The maximum Gasteiger partial charge on any atom is 0.352 e. The van der Waals surface area contributed by atoms with Crippen LogP contribution in [-0.4, -0.2) is 25.3 Å². The molecule has 0 fully saturated rings. The normalized spacial score (nSPS) is 14.0. The second kappa shape index (κ2) is 6.47. The molecule has 10 heteroatoms. The Morgan fingerprint density at radius 1 is 1.32 bits per heavy atom. The number of hydrogen-bond donors (Lipinski definition) is 3. The van der Waals surface area contributed by atoms with Crippen molar-refractivity contribution < 1.29 is 19.1 Å². The number of nitrogens with one attached hydrogen (secondary N) is 1. The summed E-state index contributed by atoms with van der Waals surface area (Å²) in [5.74, 6) is -2.65. The Balaban J connectivity index is 3.03. The average Bonchev–Trinajstić information content (AvgIpc) is 2.23. The van der Waals surface area contributed by atoms with Crippen molar-refractivity contribution in [3.63, 3.8) is 0 Å². The number of amides is 1. The molecule has 1 rings (SSSR count). The van der Waals surface area contributed by atoms with Crippen molar-refractivity contribution in [2.45, 2.75) is 9.58 Å². The van der Waals surface area contributed by atoms with Gasteiger partial charge in [0.25, 0.3) is 5.91 Å². The van der Waals surface area contributed by atoms with Gasteiger partial charge in [0.1, 0.15) is 0 Å². The van der Waals surface area contributed by atoms with Crippen molar-refractivity contribution in [3.8, 4) is 0 Å². The van der Waals surface area contributed by atoms with Crippen LogP contribution in [0.15, 0.2) is 24.3 Å². The smallest absolute Gasteiger partial charge is 0.334 e. The van der Waals surface area contributed by atoms with E-state index in [1.165, 1.54) is 6.07 Å². The summed E-state index contributed by atoms with van der Waals surface area (Å²) in [5.41, 5.74) is 0.232. The lowest BCUT2D eigenvalue weighted by molar-refractivity contribution is 0.0942. The number of benzene rings is 1. The molecule has 1 atom stereocenters. The van der Waals surface area contributed by atoms with Gasteiger partial charge in [-0.2, -0.15) is 0 Å². The van der Waals surface area contributed by atoms with Crippen LogP contribution in [0.1, 0.15) is 10.4 Å². The average molecular weight is 458 g/mol. The highest BCUT2D eigenvalue weighted by Crippen LogP contribution is 2.50. The zero-order valence-electron chi connectivity index (χ0n) is 9.06. The van der Waals surface area contributed by atoms with Crippen LogP contribution in [-0.2, 0) is 4.57 Å². The van der Waals surface area contributed by atoms with Gasteiger partial charge in [0.2, 0.25) is 3.79 Å². The van der Waals surface area contributed by atoms with Crippen molar-refractivity contribution in [2.24, 2.45) is 0 Å². The van der Waals surface area contributed by atoms with E-state index < -0.39 is 23.1 Å². The molecular weight excluding hydrogens is 450 g/mol. The highest BCUT2D eigenvalue weighted by molar-refractivity contribution is 14.1.